The highest BCUT2D eigenvalue weighted by Gasteiger charge is 2.38. The van der Waals surface area contributed by atoms with Crippen LogP contribution < -0.4 is 4.74 Å². The van der Waals surface area contributed by atoms with Gasteiger partial charge in [-0.2, -0.15) is 0 Å². The predicted octanol–water partition coefficient (Wildman–Crippen LogP) is 7.40. The number of rotatable bonds is 4. The van der Waals surface area contributed by atoms with Gasteiger partial charge in [0.1, 0.15) is 28.3 Å². The summed E-state index contributed by atoms with van der Waals surface area (Å²) in [5, 5.41) is 1.20. The van der Waals surface area contributed by atoms with Crippen molar-refractivity contribution in [2.45, 2.75) is 65.3 Å². The zero-order valence-corrected chi connectivity index (χ0v) is 22.1. The van der Waals surface area contributed by atoms with Crippen molar-refractivity contribution in [2.24, 2.45) is 0 Å². The largest absolute Gasteiger partial charge is 0.456 e. The molecule has 2 aromatic heterocycles. The van der Waals surface area contributed by atoms with Crippen LogP contribution in [0.5, 0.6) is 11.5 Å². The second-order valence-electron chi connectivity index (χ2n) is 10.3. The van der Waals surface area contributed by atoms with Crippen LogP contribution >= 0.6 is 15.9 Å². The fourth-order valence-electron chi connectivity index (χ4n) is 3.08. The molecule has 1 aromatic carbocycles. The Labute approximate surface area is 194 Å². The SMILES string of the molecule is CC(C)(C)OC(=O)c1ccc(Br)cc1Oc1cnc2c(ccn2[Si](C)(C)C(C)(C)C)c1. The van der Waals surface area contributed by atoms with Gasteiger partial charge in [-0.1, -0.05) is 49.8 Å². The van der Waals surface area contributed by atoms with E-state index in [9.17, 15) is 4.79 Å². The van der Waals surface area contributed by atoms with Crippen LogP contribution in [0, 0.1) is 0 Å². The molecule has 0 saturated heterocycles. The summed E-state index contributed by atoms with van der Waals surface area (Å²) in [5.41, 5.74) is 0.742. The number of pyridine rings is 1. The Kier molecular flexibility index (Phi) is 6.15. The van der Waals surface area contributed by atoms with Crippen LogP contribution in [0.15, 0.2) is 47.2 Å². The molecule has 0 spiro atoms. The van der Waals surface area contributed by atoms with Crippen LogP contribution in [-0.2, 0) is 4.74 Å². The number of hydrogen-bond donors (Lipinski definition) is 0. The Bertz CT molecular complexity index is 1120. The molecule has 0 saturated carbocycles. The van der Waals surface area contributed by atoms with Crippen molar-refractivity contribution in [3.63, 3.8) is 0 Å². The van der Waals surface area contributed by atoms with Gasteiger partial charge in [0.25, 0.3) is 0 Å². The summed E-state index contributed by atoms with van der Waals surface area (Å²) in [5.74, 6) is 0.574. The molecule has 2 heterocycles. The first-order chi connectivity index (χ1) is 14.2. The molecule has 166 valence electrons. The van der Waals surface area contributed by atoms with Crippen LogP contribution in [-0.4, -0.2) is 29.0 Å². The molecule has 0 N–H and O–H groups in total. The Morgan fingerprint density at radius 2 is 1.74 bits per heavy atom. The zero-order chi connectivity index (χ0) is 23.2. The lowest BCUT2D eigenvalue weighted by molar-refractivity contribution is 0.00671. The van der Waals surface area contributed by atoms with E-state index < -0.39 is 19.8 Å². The minimum absolute atomic E-state index is 0.189. The molecular formula is C24H31BrN2O3Si. The van der Waals surface area contributed by atoms with Crippen molar-refractivity contribution >= 4 is 41.2 Å². The highest BCUT2D eigenvalue weighted by atomic mass is 79.9. The van der Waals surface area contributed by atoms with Gasteiger partial charge in [0.2, 0.25) is 0 Å². The number of carbonyl (C=O) groups excluding carboxylic acids is 1. The highest BCUT2D eigenvalue weighted by Crippen LogP contribution is 2.39. The molecule has 0 unspecified atom stereocenters. The number of aromatic nitrogens is 2. The van der Waals surface area contributed by atoms with E-state index >= 15 is 0 Å². The van der Waals surface area contributed by atoms with Gasteiger partial charge in [-0.3, -0.25) is 0 Å². The number of fused-ring (bicyclic) bond motifs is 1. The molecule has 7 heteroatoms. The molecule has 31 heavy (non-hydrogen) atoms. The van der Waals surface area contributed by atoms with Gasteiger partial charge >= 0.3 is 5.97 Å². The Balaban J connectivity index is 1.97. The lowest BCUT2D eigenvalue weighted by Gasteiger charge is -2.38. The number of halogens is 1. The lowest BCUT2D eigenvalue weighted by atomic mass is 10.1. The molecule has 3 aromatic rings. The lowest BCUT2D eigenvalue weighted by Crippen LogP contribution is -2.45. The summed E-state index contributed by atoms with van der Waals surface area (Å²) < 4.78 is 14.8. The fourth-order valence-corrected chi connectivity index (χ4v) is 5.31. The monoisotopic (exact) mass is 502 g/mol. The summed E-state index contributed by atoms with van der Waals surface area (Å²) in [4.78, 5) is 17.4. The number of ether oxygens (including phenoxy) is 2. The maximum atomic E-state index is 12.7. The van der Waals surface area contributed by atoms with E-state index in [1.807, 2.05) is 26.8 Å². The van der Waals surface area contributed by atoms with Crippen LogP contribution in [0.1, 0.15) is 51.9 Å². The fraction of sp³-hybridized carbons (Fsp3) is 0.417. The van der Waals surface area contributed by atoms with E-state index in [1.54, 1.807) is 24.4 Å². The molecule has 3 rings (SSSR count). The number of nitrogens with zero attached hydrogens (tertiary/aromatic N) is 2. The van der Waals surface area contributed by atoms with E-state index in [1.165, 1.54) is 0 Å². The summed E-state index contributed by atoms with van der Waals surface area (Å²) in [6, 6.07) is 9.31. The zero-order valence-electron chi connectivity index (χ0n) is 19.5. The first-order valence-electron chi connectivity index (χ1n) is 10.4. The highest BCUT2D eigenvalue weighted by molar-refractivity contribution is 9.10. The van der Waals surface area contributed by atoms with Crippen LogP contribution in [0.4, 0.5) is 0 Å². The average Bonchev–Trinajstić information content (AvgIpc) is 3.03. The minimum atomic E-state index is -1.79. The topological polar surface area (TPSA) is 53.4 Å². The third-order valence-corrected chi connectivity index (χ3v) is 11.5. The van der Waals surface area contributed by atoms with Gasteiger partial charge < -0.3 is 13.7 Å². The van der Waals surface area contributed by atoms with Crippen LogP contribution in [0.2, 0.25) is 18.1 Å². The second kappa shape index (κ2) is 8.09. The molecule has 0 aliphatic heterocycles. The number of benzene rings is 1. The van der Waals surface area contributed by atoms with Crippen LogP contribution in [0.25, 0.3) is 11.0 Å². The quantitative estimate of drug-likeness (QED) is 0.275. The molecule has 0 bridgehead atoms. The van der Waals surface area contributed by atoms with Crippen molar-refractivity contribution in [1.29, 1.82) is 0 Å². The maximum absolute atomic E-state index is 12.7. The van der Waals surface area contributed by atoms with Gasteiger partial charge in [0.15, 0.2) is 8.24 Å². The molecule has 0 aliphatic carbocycles. The number of carbonyl (C=O) groups is 1. The molecule has 5 nitrogen and oxygen atoms in total. The van der Waals surface area contributed by atoms with E-state index in [0.717, 1.165) is 15.5 Å². The third-order valence-electron chi connectivity index (χ3n) is 5.73. The first kappa shape index (κ1) is 23.5. The predicted molar refractivity (Wildman–Crippen MR) is 132 cm³/mol. The molecule has 0 amide bonds. The maximum Gasteiger partial charge on any atom is 0.342 e. The normalized spacial score (nSPS) is 12.8. The van der Waals surface area contributed by atoms with Crippen molar-refractivity contribution in [3.8, 4) is 11.5 Å². The van der Waals surface area contributed by atoms with Crippen molar-refractivity contribution in [3.05, 3.63) is 52.8 Å². The van der Waals surface area contributed by atoms with Crippen molar-refractivity contribution in [1.82, 2.24) is 9.22 Å². The average molecular weight is 504 g/mol. The third kappa shape index (κ3) is 5.04. The Morgan fingerprint density at radius 1 is 1.06 bits per heavy atom. The molecular weight excluding hydrogens is 472 g/mol. The van der Waals surface area contributed by atoms with Gasteiger partial charge in [-0.25, -0.2) is 9.78 Å². The van der Waals surface area contributed by atoms with Gasteiger partial charge in [0.05, 0.1) is 6.20 Å². The smallest absolute Gasteiger partial charge is 0.342 e. The summed E-state index contributed by atoms with van der Waals surface area (Å²) in [6.07, 6.45) is 3.84. The van der Waals surface area contributed by atoms with Gasteiger partial charge in [-0.05, 0) is 62.3 Å². The Morgan fingerprint density at radius 3 is 2.35 bits per heavy atom. The van der Waals surface area contributed by atoms with Crippen molar-refractivity contribution < 1.29 is 14.3 Å². The standard InChI is InChI=1S/C24H31BrN2O3Si/c1-23(2,3)30-22(28)19-10-9-17(25)14-20(19)29-18-13-16-11-12-27(21(16)26-15-18)31(7,8)24(4,5)6/h9-15H,1-8H3. The number of hydrogen-bond acceptors (Lipinski definition) is 4. The van der Waals surface area contributed by atoms with E-state index in [-0.39, 0.29) is 5.04 Å². The van der Waals surface area contributed by atoms with Gasteiger partial charge in [0, 0.05) is 9.86 Å². The van der Waals surface area contributed by atoms with Gasteiger partial charge in [-0.15, -0.1) is 0 Å². The van der Waals surface area contributed by atoms with E-state index in [2.05, 4.69) is 66.3 Å². The summed E-state index contributed by atoms with van der Waals surface area (Å²) in [7, 11) is -1.79. The molecule has 0 aliphatic rings. The molecule has 0 radical (unpaired) electrons. The van der Waals surface area contributed by atoms with Crippen LogP contribution in [0.3, 0.4) is 0 Å². The van der Waals surface area contributed by atoms with Crippen molar-refractivity contribution in [2.75, 3.05) is 0 Å². The number of esters is 1. The minimum Gasteiger partial charge on any atom is -0.456 e. The van der Waals surface area contributed by atoms with E-state index in [4.69, 9.17) is 14.5 Å². The Hall–Kier alpha value is -2.12. The van der Waals surface area contributed by atoms with E-state index in [0.29, 0.717) is 17.1 Å². The second-order valence-corrected chi connectivity index (χ2v) is 16.3. The first-order valence-corrected chi connectivity index (χ1v) is 14.1. The summed E-state index contributed by atoms with van der Waals surface area (Å²) >= 11 is 3.46. The molecule has 0 fully saturated rings. The molecule has 0 atom stereocenters. The summed E-state index contributed by atoms with van der Waals surface area (Å²) in [6.45, 7) is 17.1.